The highest BCUT2D eigenvalue weighted by Crippen LogP contribution is 2.22. The lowest BCUT2D eigenvalue weighted by Gasteiger charge is -2.01. The summed E-state index contributed by atoms with van der Waals surface area (Å²) in [6.45, 7) is 1.54. The van der Waals surface area contributed by atoms with E-state index in [0.717, 1.165) is 16.2 Å². The molecular formula is C16H15ClN4O4S2. The Morgan fingerprint density at radius 2 is 1.93 bits per heavy atom. The minimum Gasteiger partial charge on any atom is -0.351 e. The third-order valence-electron chi connectivity index (χ3n) is 3.40. The molecule has 0 aliphatic rings. The molecule has 0 fully saturated rings. The highest BCUT2D eigenvalue weighted by molar-refractivity contribution is 7.91. The van der Waals surface area contributed by atoms with Gasteiger partial charge in [0.15, 0.2) is 0 Å². The van der Waals surface area contributed by atoms with Crippen molar-refractivity contribution in [2.75, 3.05) is 0 Å². The minimum atomic E-state index is -3.73. The van der Waals surface area contributed by atoms with Crippen molar-refractivity contribution in [3.8, 4) is 11.4 Å². The maximum atomic E-state index is 12.4. The second-order valence-electron chi connectivity index (χ2n) is 5.47. The maximum absolute atomic E-state index is 12.4. The molecule has 0 radical (unpaired) electrons. The second-order valence-corrected chi connectivity index (χ2v) is 9.07. The SMILES string of the molecule is CC(=O)NCc1ccc(S(=O)(=O)NCc2nc(-c3ccc(Cl)cc3)no2)s1. The van der Waals surface area contributed by atoms with Crippen LogP contribution >= 0.6 is 22.9 Å². The number of thiophene rings is 1. The van der Waals surface area contributed by atoms with Crippen LogP contribution in [0.4, 0.5) is 0 Å². The molecule has 3 aromatic rings. The summed E-state index contributed by atoms with van der Waals surface area (Å²) in [4.78, 5) is 15.8. The summed E-state index contributed by atoms with van der Waals surface area (Å²) in [5, 5.41) is 7.04. The molecule has 27 heavy (non-hydrogen) atoms. The molecular weight excluding hydrogens is 412 g/mol. The lowest BCUT2D eigenvalue weighted by Crippen LogP contribution is -2.22. The van der Waals surface area contributed by atoms with Gasteiger partial charge in [-0.1, -0.05) is 16.8 Å². The summed E-state index contributed by atoms with van der Waals surface area (Å²) in [5.41, 5.74) is 0.707. The van der Waals surface area contributed by atoms with Gasteiger partial charge in [0.25, 0.3) is 10.0 Å². The van der Waals surface area contributed by atoms with Gasteiger partial charge >= 0.3 is 0 Å². The predicted octanol–water partition coefficient (Wildman–Crippen LogP) is 2.57. The summed E-state index contributed by atoms with van der Waals surface area (Å²) in [5.74, 6) is 0.298. The number of hydrogen-bond donors (Lipinski definition) is 2. The summed E-state index contributed by atoms with van der Waals surface area (Å²) in [6, 6.07) is 10.0. The third-order valence-corrected chi connectivity index (χ3v) is 6.63. The van der Waals surface area contributed by atoms with E-state index in [-0.39, 0.29) is 29.1 Å². The molecule has 8 nitrogen and oxygen atoms in total. The summed E-state index contributed by atoms with van der Waals surface area (Å²) < 4.78 is 32.4. The third kappa shape index (κ3) is 5.13. The first-order valence-corrected chi connectivity index (χ1v) is 10.4. The van der Waals surface area contributed by atoms with Gasteiger partial charge in [0.05, 0.1) is 13.1 Å². The number of nitrogens with one attached hydrogen (secondary N) is 2. The Bertz CT molecular complexity index is 1040. The fourth-order valence-corrected chi connectivity index (χ4v) is 4.52. The van der Waals surface area contributed by atoms with Crippen LogP contribution in [0.1, 0.15) is 17.7 Å². The molecule has 0 aliphatic heterocycles. The maximum Gasteiger partial charge on any atom is 0.250 e. The minimum absolute atomic E-state index is 0.137. The summed E-state index contributed by atoms with van der Waals surface area (Å²) in [7, 11) is -3.73. The highest BCUT2D eigenvalue weighted by atomic mass is 35.5. The fourth-order valence-electron chi connectivity index (χ4n) is 2.08. The fraction of sp³-hybridized carbons (Fsp3) is 0.188. The van der Waals surface area contributed by atoms with Crippen LogP contribution < -0.4 is 10.0 Å². The molecule has 0 spiro atoms. The molecule has 2 aromatic heterocycles. The van der Waals surface area contributed by atoms with Gasteiger partial charge in [0.1, 0.15) is 4.21 Å². The Labute approximate surface area is 164 Å². The molecule has 1 amide bonds. The lowest BCUT2D eigenvalue weighted by molar-refractivity contribution is -0.119. The molecule has 0 saturated carbocycles. The molecule has 0 atom stereocenters. The van der Waals surface area contributed by atoms with Crippen LogP contribution in [0.5, 0.6) is 0 Å². The number of carbonyl (C=O) groups excluding carboxylic acids is 1. The van der Waals surface area contributed by atoms with E-state index < -0.39 is 10.0 Å². The number of benzene rings is 1. The van der Waals surface area contributed by atoms with Crippen LogP contribution in [0, 0.1) is 0 Å². The summed E-state index contributed by atoms with van der Waals surface area (Å²) in [6.07, 6.45) is 0. The molecule has 2 heterocycles. The van der Waals surface area contributed by atoms with Crippen molar-refractivity contribution >= 4 is 38.9 Å². The lowest BCUT2D eigenvalue weighted by atomic mass is 10.2. The van der Waals surface area contributed by atoms with E-state index in [0.29, 0.717) is 16.4 Å². The first kappa shape index (κ1) is 19.5. The normalized spacial score (nSPS) is 11.5. The number of amides is 1. The molecule has 0 bridgehead atoms. The number of rotatable bonds is 7. The smallest absolute Gasteiger partial charge is 0.250 e. The topological polar surface area (TPSA) is 114 Å². The van der Waals surface area contributed by atoms with Crippen LogP contribution in [0.3, 0.4) is 0 Å². The van der Waals surface area contributed by atoms with Gasteiger partial charge in [-0.3, -0.25) is 4.79 Å². The molecule has 3 rings (SSSR count). The van der Waals surface area contributed by atoms with E-state index >= 15 is 0 Å². The average molecular weight is 427 g/mol. The van der Waals surface area contributed by atoms with Crippen LogP contribution in [0.15, 0.2) is 45.1 Å². The van der Waals surface area contributed by atoms with E-state index in [2.05, 4.69) is 20.2 Å². The summed E-state index contributed by atoms with van der Waals surface area (Å²) >= 11 is 6.91. The Hall–Kier alpha value is -2.27. The zero-order chi connectivity index (χ0) is 19.4. The highest BCUT2D eigenvalue weighted by Gasteiger charge is 2.18. The van der Waals surface area contributed by atoms with Crippen molar-refractivity contribution in [1.82, 2.24) is 20.2 Å². The second kappa shape index (κ2) is 8.17. The number of halogens is 1. The number of aromatic nitrogens is 2. The average Bonchev–Trinajstić information content (AvgIpc) is 3.29. The van der Waals surface area contributed by atoms with Crippen molar-refractivity contribution in [2.45, 2.75) is 24.2 Å². The molecule has 2 N–H and O–H groups in total. The monoisotopic (exact) mass is 426 g/mol. The Balaban J connectivity index is 1.64. The van der Waals surface area contributed by atoms with E-state index in [1.54, 1.807) is 30.3 Å². The Morgan fingerprint density at radius 1 is 1.19 bits per heavy atom. The largest absolute Gasteiger partial charge is 0.351 e. The van der Waals surface area contributed by atoms with Crippen molar-refractivity contribution in [2.24, 2.45) is 0 Å². The van der Waals surface area contributed by atoms with Crippen molar-refractivity contribution < 1.29 is 17.7 Å². The first-order valence-electron chi connectivity index (χ1n) is 7.75. The number of nitrogens with zero attached hydrogens (tertiary/aromatic N) is 2. The molecule has 0 aliphatic carbocycles. The van der Waals surface area contributed by atoms with Crippen LogP contribution in [0.25, 0.3) is 11.4 Å². The van der Waals surface area contributed by atoms with Crippen molar-refractivity contribution in [3.63, 3.8) is 0 Å². The predicted molar refractivity (Wildman–Crippen MR) is 101 cm³/mol. The van der Waals surface area contributed by atoms with Crippen molar-refractivity contribution in [3.05, 3.63) is 52.2 Å². The molecule has 0 saturated heterocycles. The zero-order valence-corrected chi connectivity index (χ0v) is 16.5. The zero-order valence-electron chi connectivity index (χ0n) is 14.1. The Kier molecular flexibility index (Phi) is 5.90. The van der Waals surface area contributed by atoms with Gasteiger partial charge in [0, 0.05) is 22.4 Å². The number of hydrogen-bond acceptors (Lipinski definition) is 7. The van der Waals surface area contributed by atoms with E-state index in [1.165, 1.54) is 13.0 Å². The van der Waals surface area contributed by atoms with Gasteiger partial charge in [-0.2, -0.15) is 4.98 Å². The first-order chi connectivity index (χ1) is 12.8. The van der Waals surface area contributed by atoms with Gasteiger partial charge in [-0.25, -0.2) is 13.1 Å². The van der Waals surface area contributed by atoms with Gasteiger partial charge < -0.3 is 9.84 Å². The van der Waals surface area contributed by atoms with Crippen LogP contribution in [0.2, 0.25) is 5.02 Å². The van der Waals surface area contributed by atoms with E-state index in [9.17, 15) is 13.2 Å². The van der Waals surface area contributed by atoms with E-state index in [1.807, 2.05) is 0 Å². The van der Waals surface area contributed by atoms with Gasteiger partial charge in [-0.05, 0) is 36.4 Å². The van der Waals surface area contributed by atoms with Crippen molar-refractivity contribution in [1.29, 1.82) is 0 Å². The molecule has 11 heteroatoms. The van der Waals surface area contributed by atoms with E-state index in [4.69, 9.17) is 16.1 Å². The number of sulfonamides is 1. The molecule has 0 unspecified atom stereocenters. The standard InChI is InChI=1S/C16H15ClN4O4S2/c1-10(22)18-8-13-6-7-15(26-13)27(23,24)19-9-14-20-16(21-25-14)11-2-4-12(17)5-3-11/h2-7,19H,8-9H2,1H3,(H,18,22). The van der Waals surface area contributed by atoms with Gasteiger partial charge in [0.2, 0.25) is 17.6 Å². The van der Waals surface area contributed by atoms with Gasteiger partial charge in [-0.15, -0.1) is 11.3 Å². The molecule has 1 aromatic carbocycles. The Morgan fingerprint density at radius 3 is 2.63 bits per heavy atom. The quantitative estimate of drug-likeness (QED) is 0.600. The van der Waals surface area contributed by atoms with Crippen LogP contribution in [-0.2, 0) is 27.9 Å². The number of carbonyl (C=O) groups is 1. The molecule has 142 valence electrons. The van der Waals surface area contributed by atoms with Crippen LogP contribution in [-0.4, -0.2) is 24.5 Å².